The zero-order chi connectivity index (χ0) is 17.0. The van der Waals surface area contributed by atoms with Crippen LogP contribution in [0.3, 0.4) is 0 Å². The molecule has 0 unspecified atom stereocenters. The molecule has 23 heavy (non-hydrogen) atoms. The molecule has 0 aliphatic carbocycles. The molecule has 0 atom stereocenters. The number of piperazine rings is 1. The maximum atomic E-state index is 12.4. The van der Waals surface area contributed by atoms with E-state index in [2.05, 4.69) is 34.5 Å². The van der Waals surface area contributed by atoms with Gasteiger partial charge in [-0.2, -0.15) is 0 Å². The smallest absolute Gasteiger partial charge is 0.229 e. The van der Waals surface area contributed by atoms with Gasteiger partial charge in [-0.1, -0.05) is 13.8 Å². The summed E-state index contributed by atoms with van der Waals surface area (Å²) in [6.45, 7) is 13.6. The molecule has 2 rings (SSSR count). The molecule has 1 aliphatic heterocycles. The second-order valence-corrected chi connectivity index (χ2v) is 7.55. The summed E-state index contributed by atoms with van der Waals surface area (Å²) in [4.78, 5) is 21.2. The van der Waals surface area contributed by atoms with Gasteiger partial charge in [-0.05, 0) is 13.8 Å². The first-order chi connectivity index (χ1) is 10.8. The number of halogens is 1. The van der Waals surface area contributed by atoms with E-state index in [1.807, 2.05) is 24.9 Å². The van der Waals surface area contributed by atoms with Crippen LogP contribution >= 0.6 is 11.6 Å². The Morgan fingerprint density at radius 2 is 1.91 bits per heavy atom. The van der Waals surface area contributed by atoms with Crippen LogP contribution in [0.5, 0.6) is 0 Å². The lowest BCUT2D eigenvalue weighted by atomic mass is 9.94. The number of carbonyl (C=O) groups excluding carboxylic acids is 1. The average Bonchev–Trinajstić information content (AvgIpc) is 3.01. The molecule has 1 aromatic heterocycles. The molecule has 0 radical (unpaired) electrons. The summed E-state index contributed by atoms with van der Waals surface area (Å²) < 4.78 is 2.23. The molecular weight excluding hydrogens is 312 g/mol. The Labute approximate surface area is 144 Å². The van der Waals surface area contributed by atoms with Gasteiger partial charge in [0.2, 0.25) is 5.91 Å². The summed E-state index contributed by atoms with van der Waals surface area (Å²) in [7, 11) is 0. The second-order valence-electron chi connectivity index (χ2n) is 7.28. The SMILES string of the molecule is CC(C)c1nccn1CCN1CCN(C(=O)C(C)(C)CCl)CC1. The Morgan fingerprint density at radius 3 is 2.48 bits per heavy atom. The van der Waals surface area contributed by atoms with Gasteiger partial charge in [0.25, 0.3) is 0 Å². The Hall–Kier alpha value is -1.07. The maximum absolute atomic E-state index is 12.4. The monoisotopic (exact) mass is 340 g/mol. The van der Waals surface area contributed by atoms with E-state index in [1.54, 1.807) is 0 Å². The van der Waals surface area contributed by atoms with E-state index < -0.39 is 5.41 Å². The van der Waals surface area contributed by atoms with Crippen molar-refractivity contribution in [2.45, 2.75) is 40.2 Å². The fourth-order valence-electron chi connectivity index (χ4n) is 2.92. The van der Waals surface area contributed by atoms with Gasteiger partial charge < -0.3 is 9.47 Å². The highest BCUT2D eigenvalue weighted by molar-refractivity contribution is 6.19. The van der Waals surface area contributed by atoms with Crippen LogP contribution in [0.2, 0.25) is 0 Å². The van der Waals surface area contributed by atoms with Gasteiger partial charge in [-0.15, -0.1) is 11.6 Å². The average molecular weight is 341 g/mol. The van der Waals surface area contributed by atoms with Crippen LogP contribution in [0.1, 0.15) is 39.4 Å². The Kier molecular flexibility index (Phi) is 6.09. The lowest BCUT2D eigenvalue weighted by molar-refractivity contribution is -0.141. The zero-order valence-corrected chi connectivity index (χ0v) is 15.5. The summed E-state index contributed by atoms with van der Waals surface area (Å²) in [5, 5.41) is 0. The molecule has 0 saturated carbocycles. The highest BCUT2D eigenvalue weighted by Gasteiger charge is 2.32. The fraction of sp³-hybridized carbons (Fsp3) is 0.765. The number of imidazole rings is 1. The number of nitrogens with zero attached hydrogens (tertiary/aromatic N) is 4. The highest BCUT2D eigenvalue weighted by atomic mass is 35.5. The van der Waals surface area contributed by atoms with Gasteiger partial charge in [0.1, 0.15) is 5.82 Å². The van der Waals surface area contributed by atoms with Crippen LogP contribution in [0, 0.1) is 5.41 Å². The van der Waals surface area contributed by atoms with Crippen LogP contribution < -0.4 is 0 Å². The van der Waals surface area contributed by atoms with Crippen molar-refractivity contribution in [3.63, 3.8) is 0 Å². The van der Waals surface area contributed by atoms with Crippen LogP contribution in [-0.2, 0) is 11.3 Å². The Balaban J connectivity index is 1.81. The third-order valence-corrected chi connectivity index (χ3v) is 5.16. The predicted octanol–water partition coefficient (Wildman–Crippen LogP) is 2.42. The van der Waals surface area contributed by atoms with Gasteiger partial charge in [0.15, 0.2) is 0 Å². The van der Waals surface area contributed by atoms with Crippen molar-refractivity contribution in [2.75, 3.05) is 38.6 Å². The van der Waals surface area contributed by atoms with Crippen molar-refractivity contribution in [2.24, 2.45) is 5.41 Å². The second kappa shape index (κ2) is 7.67. The van der Waals surface area contributed by atoms with E-state index in [0.29, 0.717) is 11.8 Å². The molecule has 5 nitrogen and oxygen atoms in total. The van der Waals surface area contributed by atoms with Crippen molar-refractivity contribution in [1.29, 1.82) is 0 Å². The van der Waals surface area contributed by atoms with E-state index in [0.717, 1.165) is 45.1 Å². The molecule has 1 aromatic rings. The molecule has 1 fully saturated rings. The van der Waals surface area contributed by atoms with E-state index in [1.165, 1.54) is 0 Å². The van der Waals surface area contributed by atoms with Gasteiger partial charge in [-0.3, -0.25) is 9.69 Å². The van der Waals surface area contributed by atoms with E-state index in [-0.39, 0.29) is 5.91 Å². The van der Waals surface area contributed by atoms with Crippen molar-refractivity contribution < 1.29 is 4.79 Å². The van der Waals surface area contributed by atoms with E-state index in [9.17, 15) is 4.79 Å². The molecule has 2 heterocycles. The number of hydrogen-bond donors (Lipinski definition) is 0. The molecule has 0 spiro atoms. The summed E-state index contributed by atoms with van der Waals surface area (Å²) in [5.74, 6) is 2.12. The topological polar surface area (TPSA) is 41.4 Å². The van der Waals surface area contributed by atoms with Gasteiger partial charge in [-0.25, -0.2) is 4.98 Å². The molecule has 0 N–H and O–H groups in total. The number of aromatic nitrogens is 2. The summed E-state index contributed by atoms with van der Waals surface area (Å²) in [5.41, 5.74) is -0.466. The summed E-state index contributed by atoms with van der Waals surface area (Å²) >= 11 is 5.92. The largest absolute Gasteiger partial charge is 0.340 e. The van der Waals surface area contributed by atoms with Crippen LogP contribution in [0.15, 0.2) is 12.4 Å². The lowest BCUT2D eigenvalue weighted by Gasteiger charge is -2.38. The normalized spacial score (nSPS) is 17.0. The molecule has 1 amide bonds. The number of hydrogen-bond acceptors (Lipinski definition) is 3. The van der Waals surface area contributed by atoms with E-state index >= 15 is 0 Å². The predicted molar refractivity (Wildman–Crippen MR) is 93.8 cm³/mol. The Bertz CT molecular complexity index is 518. The molecule has 0 aromatic carbocycles. The first-order valence-corrected chi connectivity index (χ1v) is 8.97. The minimum absolute atomic E-state index is 0.170. The van der Waals surface area contributed by atoms with Crippen molar-refractivity contribution >= 4 is 17.5 Å². The lowest BCUT2D eigenvalue weighted by Crippen LogP contribution is -2.52. The molecule has 130 valence electrons. The van der Waals surface area contributed by atoms with Crippen molar-refractivity contribution in [1.82, 2.24) is 19.4 Å². The molecule has 1 aliphatic rings. The fourth-order valence-corrected chi connectivity index (χ4v) is 3.03. The third-order valence-electron chi connectivity index (χ3n) is 4.49. The van der Waals surface area contributed by atoms with Gasteiger partial charge in [0, 0.05) is 63.5 Å². The summed E-state index contributed by atoms with van der Waals surface area (Å²) in [6, 6.07) is 0. The third kappa shape index (κ3) is 4.48. The maximum Gasteiger partial charge on any atom is 0.229 e. The van der Waals surface area contributed by atoms with Crippen molar-refractivity contribution in [3.8, 4) is 0 Å². The van der Waals surface area contributed by atoms with E-state index in [4.69, 9.17) is 11.6 Å². The number of rotatable bonds is 6. The Morgan fingerprint density at radius 1 is 1.26 bits per heavy atom. The molecule has 6 heteroatoms. The van der Waals surface area contributed by atoms with Crippen LogP contribution in [0.25, 0.3) is 0 Å². The summed E-state index contributed by atoms with van der Waals surface area (Å²) in [6.07, 6.45) is 3.93. The quantitative estimate of drug-likeness (QED) is 0.747. The zero-order valence-electron chi connectivity index (χ0n) is 14.8. The van der Waals surface area contributed by atoms with Crippen molar-refractivity contribution in [3.05, 3.63) is 18.2 Å². The van der Waals surface area contributed by atoms with Gasteiger partial charge in [0.05, 0.1) is 5.41 Å². The highest BCUT2D eigenvalue weighted by Crippen LogP contribution is 2.21. The van der Waals surface area contributed by atoms with Crippen LogP contribution in [0.4, 0.5) is 0 Å². The van der Waals surface area contributed by atoms with Gasteiger partial charge >= 0.3 is 0 Å². The minimum Gasteiger partial charge on any atom is -0.340 e. The number of amides is 1. The standard InChI is InChI=1S/C17H29ClN4O/c1-14(2)15-19-5-6-21(15)10-7-20-8-11-22(12-9-20)16(23)17(3,4)13-18/h5-6,14H,7-13H2,1-4H3. The molecular formula is C17H29ClN4O. The first-order valence-electron chi connectivity index (χ1n) is 8.44. The first kappa shape index (κ1) is 18.3. The minimum atomic E-state index is -0.466. The molecule has 0 bridgehead atoms. The number of alkyl halides is 1. The molecule has 1 saturated heterocycles. The number of carbonyl (C=O) groups is 1. The van der Waals surface area contributed by atoms with Crippen LogP contribution in [-0.4, -0.2) is 63.9 Å².